The second-order valence-corrected chi connectivity index (χ2v) is 6.58. The van der Waals surface area contributed by atoms with Crippen molar-refractivity contribution in [3.63, 3.8) is 0 Å². The second kappa shape index (κ2) is 6.13. The molecular weight excluding hydrogens is 371 g/mol. The monoisotopic (exact) mass is 383 g/mol. The number of rotatable bonds is 3. The fourth-order valence-electron chi connectivity index (χ4n) is 2.69. The lowest BCUT2D eigenvalue weighted by Gasteiger charge is -2.13. The van der Waals surface area contributed by atoms with E-state index in [9.17, 15) is 27.9 Å². The number of fused-ring (bicyclic) bond motifs is 1. The van der Waals surface area contributed by atoms with E-state index in [-0.39, 0.29) is 38.5 Å². The molecule has 2 heterocycles. The minimum Gasteiger partial charge on any atom is -0.477 e. The molecule has 3 rings (SSSR count). The summed E-state index contributed by atoms with van der Waals surface area (Å²) < 4.78 is 40.1. The van der Waals surface area contributed by atoms with Crippen molar-refractivity contribution in [3.8, 4) is 0 Å². The molecule has 10 heteroatoms. The quantitative estimate of drug-likeness (QED) is 0.678. The van der Waals surface area contributed by atoms with E-state index in [1.165, 1.54) is 25.1 Å². The Morgan fingerprint density at radius 2 is 2.00 bits per heavy atom. The lowest BCUT2D eigenvalue weighted by atomic mass is 10.0. The number of hydrogen-bond acceptors (Lipinski definition) is 5. The van der Waals surface area contributed by atoms with Gasteiger partial charge in [0.25, 0.3) is 5.56 Å². The zero-order chi connectivity index (χ0) is 19.2. The molecule has 0 aliphatic rings. The van der Waals surface area contributed by atoms with Gasteiger partial charge in [0.15, 0.2) is 0 Å². The first-order valence-electron chi connectivity index (χ1n) is 7.29. The highest BCUT2D eigenvalue weighted by Gasteiger charge is 2.33. The number of halogens is 3. The first kappa shape index (κ1) is 17.9. The van der Waals surface area contributed by atoms with Gasteiger partial charge in [-0.25, -0.2) is 14.5 Å². The molecule has 0 atom stereocenters. The molecular formula is C16H12F3N3O3S. The van der Waals surface area contributed by atoms with Crippen molar-refractivity contribution < 1.29 is 23.1 Å². The average molecular weight is 383 g/mol. The van der Waals surface area contributed by atoms with Crippen LogP contribution in [0.15, 0.2) is 29.1 Å². The van der Waals surface area contributed by atoms with Crippen LogP contribution in [0.3, 0.4) is 0 Å². The number of nitrogens with two attached hydrogens (primary N) is 1. The molecule has 0 amide bonds. The smallest absolute Gasteiger partial charge is 0.416 e. The topological polar surface area (TPSA) is 98.2 Å². The van der Waals surface area contributed by atoms with Gasteiger partial charge in [0.05, 0.1) is 10.9 Å². The SMILES string of the molecule is Cc1c(C(=O)O)sc2nc(Cc3ccccc3C(F)(F)F)n(N)c(=O)c12. The van der Waals surface area contributed by atoms with Gasteiger partial charge in [-0.2, -0.15) is 13.2 Å². The Labute approximate surface area is 148 Å². The van der Waals surface area contributed by atoms with Crippen LogP contribution in [0.2, 0.25) is 0 Å². The van der Waals surface area contributed by atoms with Crippen molar-refractivity contribution in [1.29, 1.82) is 0 Å². The first-order chi connectivity index (χ1) is 12.1. The number of aryl methyl sites for hydroxylation is 1. The zero-order valence-corrected chi connectivity index (χ0v) is 14.1. The summed E-state index contributed by atoms with van der Waals surface area (Å²) in [7, 11) is 0. The third kappa shape index (κ3) is 2.92. The van der Waals surface area contributed by atoms with Gasteiger partial charge in [0, 0.05) is 6.42 Å². The van der Waals surface area contributed by atoms with Crippen molar-refractivity contribution in [2.75, 3.05) is 5.84 Å². The fraction of sp³-hybridized carbons (Fsp3) is 0.188. The summed E-state index contributed by atoms with van der Waals surface area (Å²) in [6, 6.07) is 4.92. The van der Waals surface area contributed by atoms with E-state index >= 15 is 0 Å². The summed E-state index contributed by atoms with van der Waals surface area (Å²) in [5.41, 5.74) is -1.40. The molecule has 0 aliphatic carbocycles. The highest BCUT2D eigenvalue weighted by Crippen LogP contribution is 2.33. The van der Waals surface area contributed by atoms with E-state index in [1.807, 2.05) is 0 Å². The van der Waals surface area contributed by atoms with Crippen LogP contribution in [-0.2, 0) is 12.6 Å². The second-order valence-electron chi connectivity index (χ2n) is 5.58. The predicted octanol–water partition coefficient (Wildman–Crippen LogP) is 2.79. The van der Waals surface area contributed by atoms with Crippen LogP contribution >= 0.6 is 11.3 Å². The molecule has 6 nitrogen and oxygen atoms in total. The zero-order valence-electron chi connectivity index (χ0n) is 13.3. The number of carboxylic acids is 1. The number of benzene rings is 1. The molecule has 3 N–H and O–H groups in total. The van der Waals surface area contributed by atoms with Crippen LogP contribution in [0.5, 0.6) is 0 Å². The molecule has 136 valence electrons. The number of alkyl halides is 3. The number of hydrogen-bond donors (Lipinski definition) is 2. The van der Waals surface area contributed by atoms with Gasteiger partial charge in [-0.15, -0.1) is 11.3 Å². The molecule has 0 spiro atoms. The van der Waals surface area contributed by atoms with Crippen LogP contribution < -0.4 is 11.4 Å². The van der Waals surface area contributed by atoms with Crippen LogP contribution in [0.4, 0.5) is 13.2 Å². The molecule has 26 heavy (non-hydrogen) atoms. The van der Waals surface area contributed by atoms with Gasteiger partial charge < -0.3 is 10.9 Å². The minimum atomic E-state index is -4.56. The molecule has 0 radical (unpaired) electrons. The van der Waals surface area contributed by atoms with Gasteiger partial charge >= 0.3 is 12.1 Å². The molecule has 0 bridgehead atoms. The van der Waals surface area contributed by atoms with Crippen LogP contribution in [0.1, 0.15) is 32.2 Å². The molecule has 0 fully saturated rings. The third-order valence-electron chi connectivity index (χ3n) is 3.94. The molecule has 0 unspecified atom stereocenters. The predicted molar refractivity (Wildman–Crippen MR) is 90.0 cm³/mol. The molecule has 1 aromatic carbocycles. The molecule has 3 aromatic rings. The number of aromatic carboxylic acids is 1. The van der Waals surface area contributed by atoms with Gasteiger partial charge in [0.2, 0.25) is 0 Å². The Bertz CT molecular complexity index is 1090. The van der Waals surface area contributed by atoms with Crippen molar-refractivity contribution in [3.05, 3.63) is 62.0 Å². The number of thiophene rings is 1. The number of aromatic nitrogens is 2. The first-order valence-corrected chi connectivity index (χ1v) is 8.11. The van der Waals surface area contributed by atoms with Crippen LogP contribution in [0.25, 0.3) is 10.2 Å². The van der Waals surface area contributed by atoms with E-state index in [1.54, 1.807) is 0 Å². The Hall–Kier alpha value is -2.88. The fourth-order valence-corrected chi connectivity index (χ4v) is 3.72. The summed E-state index contributed by atoms with van der Waals surface area (Å²) in [6.45, 7) is 1.46. The largest absolute Gasteiger partial charge is 0.477 e. The number of nitrogens with zero attached hydrogens (tertiary/aromatic N) is 2. The van der Waals surface area contributed by atoms with Gasteiger partial charge in [-0.05, 0) is 24.1 Å². The van der Waals surface area contributed by atoms with Crippen LogP contribution in [0, 0.1) is 6.92 Å². The van der Waals surface area contributed by atoms with E-state index in [0.29, 0.717) is 4.68 Å². The maximum Gasteiger partial charge on any atom is 0.416 e. The van der Waals surface area contributed by atoms with Crippen molar-refractivity contribution >= 4 is 27.5 Å². The maximum atomic E-state index is 13.1. The normalized spacial score (nSPS) is 11.8. The number of carboxylic acid groups (broad SMARTS) is 1. The average Bonchev–Trinajstić information content (AvgIpc) is 2.89. The standard InChI is InChI=1S/C16H12F3N3O3S/c1-7-11-13(26-12(7)15(24)25)21-10(22(20)14(11)23)6-8-4-2-3-5-9(8)16(17,18)19/h2-5H,6,20H2,1H3,(H,24,25). The van der Waals surface area contributed by atoms with Gasteiger partial charge in [0.1, 0.15) is 15.5 Å². The highest BCUT2D eigenvalue weighted by atomic mass is 32.1. The number of carbonyl (C=O) groups is 1. The van der Waals surface area contributed by atoms with E-state index in [0.717, 1.165) is 17.4 Å². The molecule has 2 aromatic heterocycles. The number of nitrogen functional groups attached to an aromatic ring is 1. The van der Waals surface area contributed by atoms with Crippen molar-refractivity contribution in [1.82, 2.24) is 9.66 Å². The van der Waals surface area contributed by atoms with E-state index < -0.39 is 23.3 Å². The van der Waals surface area contributed by atoms with E-state index in [2.05, 4.69) is 4.98 Å². The molecule has 0 saturated carbocycles. The summed E-state index contributed by atoms with van der Waals surface area (Å²) >= 11 is 0.788. The van der Waals surface area contributed by atoms with Crippen molar-refractivity contribution in [2.24, 2.45) is 0 Å². The lowest BCUT2D eigenvalue weighted by Crippen LogP contribution is -2.32. The molecule has 0 aliphatic heterocycles. The summed E-state index contributed by atoms with van der Waals surface area (Å²) in [4.78, 5) is 27.9. The highest BCUT2D eigenvalue weighted by molar-refractivity contribution is 7.20. The summed E-state index contributed by atoms with van der Waals surface area (Å²) in [5.74, 6) is 4.43. The summed E-state index contributed by atoms with van der Waals surface area (Å²) in [6.07, 6.45) is -4.88. The minimum absolute atomic E-state index is 0.0579. The van der Waals surface area contributed by atoms with Crippen molar-refractivity contribution in [2.45, 2.75) is 19.5 Å². The van der Waals surface area contributed by atoms with E-state index in [4.69, 9.17) is 5.84 Å². The Balaban J connectivity index is 2.18. The Morgan fingerprint density at radius 3 is 2.62 bits per heavy atom. The lowest BCUT2D eigenvalue weighted by molar-refractivity contribution is -0.138. The van der Waals surface area contributed by atoms with Gasteiger partial charge in [-0.3, -0.25) is 4.79 Å². The Kier molecular flexibility index (Phi) is 4.23. The van der Waals surface area contributed by atoms with Gasteiger partial charge in [-0.1, -0.05) is 18.2 Å². The van der Waals surface area contributed by atoms with Crippen LogP contribution in [-0.4, -0.2) is 20.7 Å². The Morgan fingerprint density at radius 1 is 1.35 bits per heavy atom. The third-order valence-corrected chi connectivity index (χ3v) is 5.11. The summed E-state index contributed by atoms with van der Waals surface area (Å²) in [5, 5.41) is 9.23. The maximum absolute atomic E-state index is 13.1. The molecule has 0 saturated heterocycles.